The van der Waals surface area contributed by atoms with Gasteiger partial charge >= 0.3 is 0 Å². The maximum atomic E-state index is 13.1. The highest BCUT2D eigenvalue weighted by atomic mass is 19.1. The van der Waals surface area contributed by atoms with Crippen molar-refractivity contribution in [3.05, 3.63) is 35.1 Å². The fourth-order valence-corrected chi connectivity index (χ4v) is 2.36. The van der Waals surface area contributed by atoms with Gasteiger partial charge in [-0.1, -0.05) is 18.9 Å². The second kappa shape index (κ2) is 5.48. The first-order valence-electron chi connectivity index (χ1n) is 6.33. The molecular formula is C14H18FNO2. The molecule has 3 nitrogen and oxygen atoms in total. The van der Waals surface area contributed by atoms with Crippen molar-refractivity contribution in [3.8, 4) is 0 Å². The molecule has 1 aliphatic carbocycles. The van der Waals surface area contributed by atoms with Crippen LogP contribution in [0.2, 0.25) is 0 Å². The van der Waals surface area contributed by atoms with Crippen molar-refractivity contribution in [2.75, 3.05) is 0 Å². The van der Waals surface area contributed by atoms with Crippen molar-refractivity contribution in [2.24, 2.45) is 0 Å². The van der Waals surface area contributed by atoms with E-state index in [-0.39, 0.29) is 11.9 Å². The quantitative estimate of drug-likeness (QED) is 0.846. The summed E-state index contributed by atoms with van der Waals surface area (Å²) in [6.07, 6.45) is 3.00. The van der Waals surface area contributed by atoms with Gasteiger partial charge in [0.15, 0.2) is 0 Å². The van der Waals surface area contributed by atoms with Crippen LogP contribution in [-0.2, 0) is 0 Å². The molecule has 0 spiro atoms. The first kappa shape index (κ1) is 13.0. The third-order valence-electron chi connectivity index (χ3n) is 3.49. The number of halogens is 1. The summed E-state index contributed by atoms with van der Waals surface area (Å²) in [4.78, 5) is 12.0. The van der Waals surface area contributed by atoms with E-state index >= 15 is 0 Å². The monoisotopic (exact) mass is 251 g/mol. The molecule has 0 aromatic heterocycles. The Morgan fingerprint density at radius 1 is 1.39 bits per heavy atom. The third kappa shape index (κ3) is 2.88. The number of aliphatic hydroxyl groups excluding tert-OH is 1. The Balaban J connectivity index is 2.09. The van der Waals surface area contributed by atoms with Crippen LogP contribution in [0.4, 0.5) is 4.39 Å². The maximum absolute atomic E-state index is 13.1. The highest BCUT2D eigenvalue weighted by molar-refractivity contribution is 5.95. The molecule has 2 rings (SSSR count). The number of benzene rings is 1. The summed E-state index contributed by atoms with van der Waals surface area (Å²) in [5.74, 6) is -0.729. The molecule has 1 aromatic rings. The van der Waals surface area contributed by atoms with E-state index in [2.05, 4.69) is 5.32 Å². The van der Waals surface area contributed by atoms with Crippen LogP contribution in [0, 0.1) is 12.7 Å². The van der Waals surface area contributed by atoms with Crippen LogP contribution in [0.25, 0.3) is 0 Å². The van der Waals surface area contributed by atoms with E-state index < -0.39 is 11.9 Å². The van der Waals surface area contributed by atoms with Crippen LogP contribution in [0.15, 0.2) is 18.2 Å². The Morgan fingerprint density at radius 2 is 2.11 bits per heavy atom. The van der Waals surface area contributed by atoms with Crippen molar-refractivity contribution < 1.29 is 14.3 Å². The SMILES string of the molecule is Cc1ccc(F)cc1C(=O)N[C@@H]1CCCC[C@H]1O. The third-order valence-corrected chi connectivity index (χ3v) is 3.49. The maximum Gasteiger partial charge on any atom is 0.251 e. The zero-order chi connectivity index (χ0) is 13.1. The minimum absolute atomic E-state index is 0.214. The standard InChI is InChI=1S/C14H18FNO2/c1-9-6-7-10(15)8-11(9)14(18)16-12-4-2-3-5-13(12)17/h6-8,12-13,17H,2-5H2,1H3,(H,16,18)/t12-,13-/m1/s1. The van der Waals surface area contributed by atoms with Gasteiger partial charge in [0.05, 0.1) is 12.1 Å². The van der Waals surface area contributed by atoms with Crippen LogP contribution < -0.4 is 5.32 Å². The second-order valence-corrected chi connectivity index (χ2v) is 4.89. The lowest BCUT2D eigenvalue weighted by Crippen LogP contribution is -2.45. The van der Waals surface area contributed by atoms with Crippen LogP contribution in [0.5, 0.6) is 0 Å². The van der Waals surface area contributed by atoms with Gasteiger partial charge in [0.1, 0.15) is 5.82 Å². The summed E-state index contributed by atoms with van der Waals surface area (Å²) in [6, 6.07) is 3.94. The lowest BCUT2D eigenvalue weighted by atomic mass is 9.92. The Bertz CT molecular complexity index is 447. The largest absolute Gasteiger partial charge is 0.391 e. The lowest BCUT2D eigenvalue weighted by Gasteiger charge is -2.28. The number of hydrogen-bond donors (Lipinski definition) is 2. The molecule has 18 heavy (non-hydrogen) atoms. The lowest BCUT2D eigenvalue weighted by molar-refractivity contribution is 0.0716. The van der Waals surface area contributed by atoms with E-state index in [0.717, 1.165) is 24.8 Å². The van der Waals surface area contributed by atoms with E-state index in [1.165, 1.54) is 12.1 Å². The fourth-order valence-electron chi connectivity index (χ4n) is 2.36. The molecule has 2 atom stereocenters. The van der Waals surface area contributed by atoms with Gasteiger partial charge in [0, 0.05) is 5.56 Å². The summed E-state index contributed by atoms with van der Waals surface area (Å²) >= 11 is 0. The van der Waals surface area contributed by atoms with Gasteiger partial charge in [0.2, 0.25) is 0 Å². The molecule has 0 bridgehead atoms. The zero-order valence-electron chi connectivity index (χ0n) is 10.4. The predicted molar refractivity (Wildman–Crippen MR) is 66.9 cm³/mol. The molecule has 0 heterocycles. The molecule has 1 fully saturated rings. The van der Waals surface area contributed by atoms with E-state index in [9.17, 15) is 14.3 Å². The van der Waals surface area contributed by atoms with Crippen molar-refractivity contribution in [2.45, 2.75) is 44.8 Å². The van der Waals surface area contributed by atoms with Gasteiger partial charge in [0.25, 0.3) is 5.91 Å². The smallest absolute Gasteiger partial charge is 0.251 e. The summed E-state index contributed by atoms with van der Waals surface area (Å²) < 4.78 is 13.1. The Morgan fingerprint density at radius 3 is 2.83 bits per heavy atom. The minimum atomic E-state index is -0.489. The number of amides is 1. The van der Waals surface area contributed by atoms with Crippen LogP contribution in [0.3, 0.4) is 0 Å². The van der Waals surface area contributed by atoms with Gasteiger partial charge in [-0.05, 0) is 37.5 Å². The van der Waals surface area contributed by atoms with Gasteiger partial charge in [-0.15, -0.1) is 0 Å². The fraction of sp³-hybridized carbons (Fsp3) is 0.500. The average molecular weight is 251 g/mol. The predicted octanol–water partition coefficient (Wildman–Crippen LogP) is 2.17. The zero-order valence-corrected chi connectivity index (χ0v) is 10.4. The molecule has 2 N–H and O–H groups in total. The van der Waals surface area contributed by atoms with E-state index in [1.54, 1.807) is 13.0 Å². The molecule has 0 unspecified atom stereocenters. The molecule has 1 aliphatic rings. The molecule has 1 aromatic carbocycles. The Labute approximate surface area is 106 Å². The van der Waals surface area contributed by atoms with Gasteiger partial charge < -0.3 is 10.4 Å². The van der Waals surface area contributed by atoms with Crippen molar-refractivity contribution in [1.29, 1.82) is 0 Å². The molecule has 4 heteroatoms. The first-order chi connectivity index (χ1) is 8.58. The van der Waals surface area contributed by atoms with Gasteiger partial charge in [-0.2, -0.15) is 0 Å². The first-order valence-corrected chi connectivity index (χ1v) is 6.33. The van der Waals surface area contributed by atoms with E-state index in [0.29, 0.717) is 12.0 Å². The average Bonchev–Trinajstić information content (AvgIpc) is 2.35. The number of aryl methyl sites for hydroxylation is 1. The second-order valence-electron chi connectivity index (χ2n) is 4.89. The topological polar surface area (TPSA) is 49.3 Å². The number of carbonyl (C=O) groups excluding carboxylic acids is 1. The Hall–Kier alpha value is -1.42. The summed E-state index contributed by atoms with van der Waals surface area (Å²) in [5.41, 5.74) is 1.08. The number of nitrogens with one attached hydrogen (secondary N) is 1. The van der Waals surface area contributed by atoms with Crippen LogP contribution >= 0.6 is 0 Å². The normalized spacial score (nSPS) is 23.7. The molecule has 0 saturated heterocycles. The molecular weight excluding hydrogens is 233 g/mol. The summed E-state index contributed by atoms with van der Waals surface area (Å²) in [6.45, 7) is 1.77. The van der Waals surface area contributed by atoms with Gasteiger partial charge in [-0.25, -0.2) is 4.39 Å². The number of aliphatic hydroxyl groups is 1. The molecule has 1 saturated carbocycles. The number of hydrogen-bond acceptors (Lipinski definition) is 2. The number of rotatable bonds is 2. The molecule has 0 aliphatic heterocycles. The van der Waals surface area contributed by atoms with Crippen molar-refractivity contribution >= 4 is 5.91 Å². The molecule has 98 valence electrons. The highest BCUT2D eigenvalue weighted by Gasteiger charge is 2.25. The number of carbonyl (C=O) groups is 1. The summed E-state index contributed by atoms with van der Waals surface area (Å²) in [7, 11) is 0. The highest BCUT2D eigenvalue weighted by Crippen LogP contribution is 2.19. The van der Waals surface area contributed by atoms with Crippen molar-refractivity contribution in [1.82, 2.24) is 5.32 Å². The molecule has 1 amide bonds. The van der Waals surface area contributed by atoms with Crippen LogP contribution in [0.1, 0.15) is 41.6 Å². The van der Waals surface area contributed by atoms with Gasteiger partial charge in [-0.3, -0.25) is 4.79 Å². The minimum Gasteiger partial charge on any atom is -0.391 e. The van der Waals surface area contributed by atoms with E-state index in [4.69, 9.17) is 0 Å². The van der Waals surface area contributed by atoms with Crippen molar-refractivity contribution in [3.63, 3.8) is 0 Å². The Kier molecular flexibility index (Phi) is 3.97. The van der Waals surface area contributed by atoms with Crippen LogP contribution in [-0.4, -0.2) is 23.2 Å². The summed E-state index contributed by atoms with van der Waals surface area (Å²) in [5, 5.41) is 12.6. The van der Waals surface area contributed by atoms with E-state index in [1.807, 2.05) is 0 Å². The molecule has 0 radical (unpaired) electrons.